The predicted molar refractivity (Wildman–Crippen MR) is 91.9 cm³/mol. The summed E-state index contributed by atoms with van der Waals surface area (Å²) in [4.78, 5) is 13.4. The average molecular weight is 338 g/mol. The molecule has 2 fully saturated rings. The lowest BCUT2D eigenvalue weighted by molar-refractivity contribution is 0.192. The molecule has 0 bridgehead atoms. The van der Waals surface area contributed by atoms with E-state index in [1.165, 1.54) is 12.8 Å². The number of rotatable bonds is 5. The second kappa shape index (κ2) is 6.81. The van der Waals surface area contributed by atoms with Crippen molar-refractivity contribution in [1.82, 2.24) is 20.0 Å². The number of anilines is 1. The number of aromatic nitrogens is 3. The van der Waals surface area contributed by atoms with Crippen molar-refractivity contribution in [2.45, 2.75) is 44.2 Å². The topological polar surface area (TPSA) is 82.1 Å². The van der Waals surface area contributed by atoms with Crippen LogP contribution in [0.2, 0.25) is 0 Å². The van der Waals surface area contributed by atoms with E-state index in [2.05, 4.69) is 31.0 Å². The van der Waals surface area contributed by atoms with Crippen LogP contribution in [0.1, 0.15) is 48.9 Å². The van der Waals surface area contributed by atoms with Crippen molar-refractivity contribution in [1.29, 1.82) is 5.26 Å². The molecule has 2 aromatic heterocycles. The molecule has 7 nitrogen and oxygen atoms in total. The Hall–Kier alpha value is -2.46. The number of likely N-dealkylation sites (N-methyl/N-ethyl adjacent to an activating group) is 1. The van der Waals surface area contributed by atoms with Gasteiger partial charge in [0.15, 0.2) is 5.82 Å². The van der Waals surface area contributed by atoms with Gasteiger partial charge in [-0.3, -0.25) is 4.90 Å². The molecular formula is C18H22N6O. The third-order valence-corrected chi connectivity index (χ3v) is 5.04. The molecule has 0 amide bonds. The molecule has 3 heterocycles. The van der Waals surface area contributed by atoms with Crippen molar-refractivity contribution in [2.24, 2.45) is 0 Å². The van der Waals surface area contributed by atoms with E-state index < -0.39 is 0 Å². The van der Waals surface area contributed by atoms with Gasteiger partial charge < -0.3 is 9.42 Å². The summed E-state index contributed by atoms with van der Waals surface area (Å²) in [6, 6.07) is 6.18. The molecule has 0 spiro atoms. The van der Waals surface area contributed by atoms with Crippen LogP contribution < -0.4 is 4.90 Å². The fourth-order valence-electron chi connectivity index (χ4n) is 3.46. The smallest absolute Gasteiger partial charge is 0.229 e. The molecule has 7 heteroatoms. The largest absolute Gasteiger partial charge is 0.354 e. The van der Waals surface area contributed by atoms with Gasteiger partial charge >= 0.3 is 0 Å². The van der Waals surface area contributed by atoms with Crippen molar-refractivity contribution < 1.29 is 4.52 Å². The van der Waals surface area contributed by atoms with Crippen molar-refractivity contribution in [3.05, 3.63) is 35.6 Å². The fourth-order valence-corrected chi connectivity index (χ4v) is 3.46. The zero-order valence-corrected chi connectivity index (χ0v) is 14.4. The van der Waals surface area contributed by atoms with Crippen molar-refractivity contribution in [2.75, 3.05) is 25.0 Å². The van der Waals surface area contributed by atoms with Gasteiger partial charge in [-0.05, 0) is 44.4 Å². The Labute approximate surface area is 147 Å². The van der Waals surface area contributed by atoms with Gasteiger partial charge in [0.1, 0.15) is 11.9 Å². The van der Waals surface area contributed by atoms with Gasteiger partial charge in [-0.15, -0.1) is 0 Å². The first-order valence-corrected chi connectivity index (χ1v) is 8.87. The molecule has 1 saturated carbocycles. The predicted octanol–water partition coefficient (Wildman–Crippen LogP) is 2.31. The highest BCUT2D eigenvalue weighted by molar-refractivity contribution is 5.53. The van der Waals surface area contributed by atoms with E-state index in [9.17, 15) is 5.26 Å². The highest BCUT2D eigenvalue weighted by Gasteiger charge is 2.30. The van der Waals surface area contributed by atoms with E-state index in [4.69, 9.17) is 4.52 Å². The Bertz CT molecular complexity index is 778. The van der Waals surface area contributed by atoms with E-state index in [0.29, 0.717) is 24.1 Å². The average Bonchev–Trinajstić information content (AvgIpc) is 3.41. The van der Waals surface area contributed by atoms with Crippen LogP contribution in [0.4, 0.5) is 5.82 Å². The molecule has 0 radical (unpaired) electrons. The fraction of sp³-hybridized carbons (Fsp3) is 0.556. The van der Waals surface area contributed by atoms with Crippen LogP contribution in [0, 0.1) is 11.3 Å². The minimum atomic E-state index is 0.325. The van der Waals surface area contributed by atoms with Crippen molar-refractivity contribution in [3.8, 4) is 6.07 Å². The third-order valence-electron chi connectivity index (χ3n) is 5.04. The number of likely N-dealkylation sites (tertiary alicyclic amines) is 1. The molecule has 0 N–H and O–H groups in total. The summed E-state index contributed by atoms with van der Waals surface area (Å²) >= 11 is 0. The van der Waals surface area contributed by atoms with Gasteiger partial charge in [0.25, 0.3) is 0 Å². The number of piperidine rings is 1. The Morgan fingerprint density at radius 1 is 1.40 bits per heavy atom. The molecule has 2 aromatic rings. The number of pyridine rings is 1. The molecule has 0 aromatic carbocycles. The Morgan fingerprint density at radius 2 is 2.28 bits per heavy atom. The summed E-state index contributed by atoms with van der Waals surface area (Å²) in [5, 5.41) is 13.4. The summed E-state index contributed by atoms with van der Waals surface area (Å²) in [5.74, 6) is 2.83. The van der Waals surface area contributed by atoms with E-state index in [1.807, 2.05) is 13.1 Å². The highest BCUT2D eigenvalue weighted by atomic mass is 16.5. The van der Waals surface area contributed by atoms with Crippen molar-refractivity contribution in [3.63, 3.8) is 0 Å². The third kappa shape index (κ3) is 3.49. The van der Waals surface area contributed by atoms with Gasteiger partial charge in [-0.2, -0.15) is 10.2 Å². The lowest BCUT2D eigenvalue weighted by Crippen LogP contribution is -2.46. The summed E-state index contributed by atoms with van der Waals surface area (Å²) in [5.41, 5.74) is 0.620. The summed E-state index contributed by atoms with van der Waals surface area (Å²) in [6.07, 6.45) is 6.28. The van der Waals surface area contributed by atoms with Gasteiger partial charge in [0.2, 0.25) is 5.89 Å². The van der Waals surface area contributed by atoms with Crippen LogP contribution in [0.5, 0.6) is 0 Å². The Balaban J connectivity index is 1.42. The maximum atomic E-state index is 9.31. The molecule has 1 atom stereocenters. The second-order valence-corrected chi connectivity index (χ2v) is 6.95. The minimum absolute atomic E-state index is 0.325. The molecule has 2 aliphatic rings. The number of nitriles is 1. The maximum absolute atomic E-state index is 9.31. The number of hydrogen-bond acceptors (Lipinski definition) is 7. The molecule has 1 aliphatic heterocycles. The van der Waals surface area contributed by atoms with Crippen LogP contribution in [0.3, 0.4) is 0 Å². The van der Waals surface area contributed by atoms with Crippen LogP contribution in [-0.2, 0) is 6.54 Å². The van der Waals surface area contributed by atoms with Gasteiger partial charge in [-0.1, -0.05) is 5.16 Å². The van der Waals surface area contributed by atoms with Crippen LogP contribution >= 0.6 is 0 Å². The highest BCUT2D eigenvalue weighted by Crippen LogP contribution is 2.38. The standard InChI is InChI=1S/C18H22N6O/c1-23(17-14(10-19)4-2-8-20-17)15-5-3-9-24(11-15)12-16-21-18(25-22-16)13-6-7-13/h2,4,8,13,15H,3,5-7,9,11-12H2,1H3/t15-/m0/s1. The van der Waals surface area contributed by atoms with Gasteiger partial charge in [0, 0.05) is 31.7 Å². The van der Waals surface area contributed by atoms with Gasteiger partial charge in [0.05, 0.1) is 12.1 Å². The van der Waals surface area contributed by atoms with E-state index in [1.54, 1.807) is 12.3 Å². The first-order chi connectivity index (χ1) is 12.2. The van der Waals surface area contributed by atoms with E-state index in [-0.39, 0.29) is 0 Å². The van der Waals surface area contributed by atoms with Crippen LogP contribution in [-0.4, -0.2) is 46.2 Å². The summed E-state index contributed by atoms with van der Waals surface area (Å²) in [6.45, 7) is 2.66. The Kier molecular flexibility index (Phi) is 4.36. The summed E-state index contributed by atoms with van der Waals surface area (Å²) in [7, 11) is 2.02. The normalized spacial score (nSPS) is 21.0. The maximum Gasteiger partial charge on any atom is 0.229 e. The van der Waals surface area contributed by atoms with E-state index >= 15 is 0 Å². The van der Waals surface area contributed by atoms with Crippen LogP contribution in [0.15, 0.2) is 22.9 Å². The SMILES string of the molecule is CN(c1ncccc1C#N)[C@H]1CCCN(Cc2noc(C3CC3)n2)C1. The van der Waals surface area contributed by atoms with Crippen molar-refractivity contribution >= 4 is 5.82 Å². The molecular weight excluding hydrogens is 316 g/mol. The van der Waals surface area contributed by atoms with Crippen LogP contribution in [0.25, 0.3) is 0 Å². The quantitative estimate of drug-likeness (QED) is 0.827. The second-order valence-electron chi connectivity index (χ2n) is 6.95. The molecule has 130 valence electrons. The zero-order chi connectivity index (χ0) is 17.2. The van der Waals surface area contributed by atoms with Gasteiger partial charge in [-0.25, -0.2) is 4.98 Å². The zero-order valence-electron chi connectivity index (χ0n) is 14.4. The molecule has 25 heavy (non-hydrogen) atoms. The molecule has 0 unspecified atom stereocenters. The monoisotopic (exact) mass is 338 g/mol. The molecule has 1 aliphatic carbocycles. The first kappa shape index (κ1) is 16.0. The van der Waals surface area contributed by atoms with E-state index in [0.717, 1.165) is 43.5 Å². The number of hydrogen-bond donors (Lipinski definition) is 0. The number of nitrogens with zero attached hydrogens (tertiary/aromatic N) is 6. The summed E-state index contributed by atoms with van der Waals surface area (Å²) < 4.78 is 5.36. The minimum Gasteiger partial charge on any atom is -0.354 e. The molecule has 4 rings (SSSR count). The first-order valence-electron chi connectivity index (χ1n) is 8.87. The lowest BCUT2D eigenvalue weighted by atomic mass is 10.0. The lowest BCUT2D eigenvalue weighted by Gasteiger charge is -2.37. The Morgan fingerprint density at radius 3 is 3.08 bits per heavy atom. The molecule has 1 saturated heterocycles.